The minimum absolute atomic E-state index is 0.137. The molecule has 0 spiro atoms. The number of carbonyl (C=O) groups is 3. The number of carbonyl (C=O) groups excluding carboxylic acids is 1. The fourth-order valence-electron chi connectivity index (χ4n) is 3.36. The lowest BCUT2D eigenvalue weighted by Gasteiger charge is -2.12. The minimum atomic E-state index is -1.23. The molecule has 2 aromatic carbocycles. The van der Waals surface area contributed by atoms with Crippen molar-refractivity contribution < 1.29 is 29.3 Å². The number of benzene rings is 2. The summed E-state index contributed by atoms with van der Waals surface area (Å²) in [7, 11) is 1.50. The average Bonchev–Trinajstić information content (AvgIpc) is 3.06. The van der Waals surface area contributed by atoms with Crippen molar-refractivity contribution in [3.63, 3.8) is 0 Å². The van der Waals surface area contributed by atoms with Crippen LogP contribution in [0.5, 0.6) is 5.75 Å². The molecule has 3 aromatic rings. The quantitative estimate of drug-likeness (QED) is 0.320. The maximum atomic E-state index is 12.1. The van der Waals surface area contributed by atoms with Gasteiger partial charge in [0.1, 0.15) is 5.75 Å². The molecule has 170 valence electrons. The van der Waals surface area contributed by atoms with Gasteiger partial charge < -0.3 is 24.8 Å². The molecule has 1 aromatic heterocycles. The van der Waals surface area contributed by atoms with E-state index in [1.165, 1.54) is 25.5 Å². The van der Waals surface area contributed by atoms with Crippen LogP contribution in [0.2, 0.25) is 0 Å². The molecule has 0 bridgehead atoms. The molecular formula is C23H22N4O6. The molecule has 0 aliphatic heterocycles. The Kier molecular flexibility index (Phi) is 6.77. The van der Waals surface area contributed by atoms with Crippen molar-refractivity contribution >= 4 is 29.9 Å². The van der Waals surface area contributed by atoms with Crippen molar-refractivity contribution in [2.45, 2.75) is 13.8 Å². The number of aromatic carboxylic acids is 2. The van der Waals surface area contributed by atoms with E-state index in [9.17, 15) is 24.6 Å². The van der Waals surface area contributed by atoms with Gasteiger partial charge in [-0.3, -0.25) is 0 Å². The number of urea groups is 1. The first-order chi connectivity index (χ1) is 15.7. The summed E-state index contributed by atoms with van der Waals surface area (Å²) in [5.41, 5.74) is 5.04. The lowest BCUT2D eigenvalue weighted by atomic mass is 10.1. The Labute approximate surface area is 189 Å². The van der Waals surface area contributed by atoms with Gasteiger partial charge in [-0.2, -0.15) is 5.10 Å². The van der Waals surface area contributed by atoms with Gasteiger partial charge in [0.25, 0.3) is 0 Å². The normalized spacial score (nSPS) is 10.8. The predicted octanol–water partition coefficient (Wildman–Crippen LogP) is 3.65. The Morgan fingerprint density at radius 2 is 1.64 bits per heavy atom. The molecule has 3 rings (SSSR count). The van der Waals surface area contributed by atoms with Crippen LogP contribution in [-0.2, 0) is 0 Å². The summed E-state index contributed by atoms with van der Waals surface area (Å²) in [5.74, 6) is -1.95. The van der Waals surface area contributed by atoms with Crippen LogP contribution in [0.4, 0.5) is 10.5 Å². The van der Waals surface area contributed by atoms with Crippen LogP contribution in [0, 0.1) is 13.8 Å². The number of ether oxygens (including phenoxy) is 1. The second kappa shape index (κ2) is 9.69. The van der Waals surface area contributed by atoms with Crippen molar-refractivity contribution in [3.05, 3.63) is 76.6 Å². The number of rotatable bonds is 7. The van der Waals surface area contributed by atoms with Gasteiger partial charge in [0.2, 0.25) is 0 Å². The number of para-hydroxylation sites is 2. The SMILES string of the molecule is COc1ccccc1NC(=O)N/N=C/c1cc(C)n(-c2cc(C(=O)O)cc(C(=O)O)c2)c1C. The molecule has 0 unspecified atom stereocenters. The third-order valence-corrected chi connectivity index (χ3v) is 4.87. The molecule has 10 heteroatoms. The first-order valence-electron chi connectivity index (χ1n) is 9.75. The number of aryl methyl sites for hydroxylation is 1. The molecular weight excluding hydrogens is 428 g/mol. The van der Waals surface area contributed by atoms with Crippen LogP contribution < -0.4 is 15.5 Å². The summed E-state index contributed by atoms with van der Waals surface area (Å²) in [6.07, 6.45) is 1.44. The van der Waals surface area contributed by atoms with Gasteiger partial charge in [-0.05, 0) is 50.2 Å². The number of hydrogen-bond acceptors (Lipinski definition) is 5. The van der Waals surface area contributed by atoms with E-state index in [4.69, 9.17) is 4.74 Å². The smallest absolute Gasteiger partial charge is 0.339 e. The Balaban J connectivity index is 1.82. The molecule has 0 atom stereocenters. The van der Waals surface area contributed by atoms with E-state index < -0.39 is 18.0 Å². The fraction of sp³-hybridized carbons (Fsp3) is 0.130. The van der Waals surface area contributed by atoms with E-state index in [0.29, 0.717) is 28.4 Å². The molecule has 0 saturated carbocycles. The van der Waals surface area contributed by atoms with Crippen LogP contribution in [-0.4, -0.2) is 46.1 Å². The fourth-order valence-corrected chi connectivity index (χ4v) is 3.36. The molecule has 0 saturated heterocycles. The molecule has 10 nitrogen and oxygen atoms in total. The maximum absolute atomic E-state index is 12.1. The lowest BCUT2D eigenvalue weighted by Crippen LogP contribution is -2.24. The zero-order chi connectivity index (χ0) is 24.1. The van der Waals surface area contributed by atoms with Crippen LogP contribution in [0.1, 0.15) is 37.7 Å². The number of nitrogens with zero attached hydrogens (tertiary/aromatic N) is 2. The van der Waals surface area contributed by atoms with Gasteiger partial charge in [-0.25, -0.2) is 19.8 Å². The monoisotopic (exact) mass is 450 g/mol. The van der Waals surface area contributed by atoms with E-state index in [1.54, 1.807) is 48.7 Å². The number of aromatic nitrogens is 1. The third-order valence-electron chi connectivity index (χ3n) is 4.87. The largest absolute Gasteiger partial charge is 0.495 e. The summed E-state index contributed by atoms with van der Waals surface area (Å²) in [6.45, 7) is 3.57. The number of carboxylic acids is 2. The number of carboxylic acid groups (broad SMARTS) is 2. The Hall–Kier alpha value is -4.60. The van der Waals surface area contributed by atoms with Crippen LogP contribution >= 0.6 is 0 Å². The summed E-state index contributed by atoms with van der Waals surface area (Å²) >= 11 is 0. The van der Waals surface area contributed by atoms with Crippen molar-refractivity contribution in [2.75, 3.05) is 12.4 Å². The van der Waals surface area contributed by atoms with Crippen molar-refractivity contribution in [3.8, 4) is 11.4 Å². The van der Waals surface area contributed by atoms with Gasteiger partial charge in [-0.15, -0.1) is 0 Å². The molecule has 0 aliphatic carbocycles. The van der Waals surface area contributed by atoms with E-state index in [2.05, 4.69) is 15.8 Å². The van der Waals surface area contributed by atoms with E-state index in [0.717, 1.165) is 11.8 Å². The van der Waals surface area contributed by atoms with Crippen LogP contribution in [0.15, 0.2) is 53.6 Å². The summed E-state index contributed by atoms with van der Waals surface area (Å²) in [6, 6.07) is 12.1. The number of anilines is 1. The summed E-state index contributed by atoms with van der Waals surface area (Å²) in [4.78, 5) is 35.0. The number of methoxy groups -OCH3 is 1. The van der Waals surface area contributed by atoms with Crippen LogP contribution in [0.25, 0.3) is 5.69 Å². The zero-order valence-electron chi connectivity index (χ0n) is 18.1. The number of nitrogens with one attached hydrogen (secondary N) is 2. The van der Waals surface area contributed by atoms with Gasteiger partial charge in [-0.1, -0.05) is 12.1 Å². The first-order valence-corrected chi connectivity index (χ1v) is 9.75. The molecule has 1 heterocycles. The van der Waals surface area contributed by atoms with Gasteiger partial charge in [0.15, 0.2) is 0 Å². The standard InChI is InChI=1S/C23H22N4O6/c1-13-8-17(12-24-26-23(32)25-19-6-4-5-7-20(19)33-3)14(2)27(13)18-10-15(21(28)29)9-16(11-18)22(30)31/h4-12H,1-3H3,(H,28,29)(H,30,31)(H2,25,26,32)/b24-12+. The zero-order valence-corrected chi connectivity index (χ0v) is 18.1. The average molecular weight is 450 g/mol. The molecule has 0 aliphatic rings. The first kappa shape index (κ1) is 23.1. The molecule has 0 radical (unpaired) electrons. The Bertz CT molecular complexity index is 1230. The highest BCUT2D eigenvalue weighted by atomic mass is 16.5. The van der Waals surface area contributed by atoms with E-state index in [1.807, 2.05) is 0 Å². The number of hydrazone groups is 1. The molecule has 4 N–H and O–H groups in total. The second-order valence-corrected chi connectivity index (χ2v) is 7.07. The number of amides is 2. The number of hydrogen-bond donors (Lipinski definition) is 4. The van der Waals surface area contributed by atoms with Gasteiger partial charge in [0.05, 0.1) is 30.1 Å². The van der Waals surface area contributed by atoms with Crippen molar-refractivity contribution in [2.24, 2.45) is 5.10 Å². The topological polar surface area (TPSA) is 142 Å². The van der Waals surface area contributed by atoms with E-state index in [-0.39, 0.29) is 11.1 Å². The highest BCUT2D eigenvalue weighted by Gasteiger charge is 2.16. The summed E-state index contributed by atoms with van der Waals surface area (Å²) in [5, 5.41) is 25.3. The third kappa shape index (κ3) is 5.18. The van der Waals surface area contributed by atoms with Crippen molar-refractivity contribution in [1.82, 2.24) is 9.99 Å². The highest BCUT2D eigenvalue weighted by molar-refractivity contribution is 5.95. The maximum Gasteiger partial charge on any atom is 0.339 e. The minimum Gasteiger partial charge on any atom is -0.495 e. The molecule has 33 heavy (non-hydrogen) atoms. The summed E-state index contributed by atoms with van der Waals surface area (Å²) < 4.78 is 6.90. The second-order valence-electron chi connectivity index (χ2n) is 7.07. The molecule has 2 amide bonds. The van der Waals surface area contributed by atoms with Crippen LogP contribution in [0.3, 0.4) is 0 Å². The Morgan fingerprint density at radius 3 is 2.24 bits per heavy atom. The van der Waals surface area contributed by atoms with Crippen molar-refractivity contribution in [1.29, 1.82) is 0 Å². The predicted molar refractivity (Wildman–Crippen MR) is 122 cm³/mol. The molecule has 0 fully saturated rings. The highest BCUT2D eigenvalue weighted by Crippen LogP contribution is 2.24. The van der Waals surface area contributed by atoms with Gasteiger partial charge in [0, 0.05) is 22.6 Å². The Morgan fingerprint density at radius 1 is 1.00 bits per heavy atom. The van der Waals surface area contributed by atoms with Gasteiger partial charge >= 0.3 is 18.0 Å². The lowest BCUT2D eigenvalue weighted by molar-refractivity contribution is 0.0696. The van der Waals surface area contributed by atoms with E-state index >= 15 is 0 Å².